The van der Waals surface area contributed by atoms with Gasteiger partial charge in [0.25, 0.3) is 5.91 Å². The van der Waals surface area contributed by atoms with E-state index in [0.29, 0.717) is 16.3 Å². The molecule has 0 aliphatic rings. The number of rotatable bonds is 7. The zero-order valence-corrected chi connectivity index (χ0v) is 18.0. The molecule has 0 radical (unpaired) electrons. The van der Waals surface area contributed by atoms with Gasteiger partial charge in [0.05, 0.1) is 12.8 Å². The molecule has 0 aliphatic carbocycles. The quantitative estimate of drug-likeness (QED) is 0.428. The summed E-state index contributed by atoms with van der Waals surface area (Å²) in [5.41, 5.74) is 2.38. The summed E-state index contributed by atoms with van der Waals surface area (Å²) >= 11 is 9.21. The molecule has 28 heavy (non-hydrogen) atoms. The molecule has 0 unspecified atom stereocenters. The van der Waals surface area contributed by atoms with E-state index in [1.54, 1.807) is 36.7 Å². The molecule has 0 heterocycles. The van der Waals surface area contributed by atoms with Crippen LogP contribution in [0.3, 0.4) is 0 Å². The van der Waals surface area contributed by atoms with Crippen molar-refractivity contribution in [3.63, 3.8) is 0 Å². The number of amides is 1. The summed E-state index contributed by atoms with van der Waals surface area (Å²) in [6.07, 6.45) is 1.99. The van der Waals surface area contributed by atoms with Crippen molar-refractivity contribution in [2.45, 2.75) is 15.5 Å². The van der Waals surface area contributed by atoms with Crippen LogP contribution >= 0.6 is 35.1 Å². The molecule has 0 bridgehead atoms. The van der Waals surface area contributed by atoms with E-state index >= 15 is 0 Å². The van der Waals surface area contributed by atoms with Gasteiger partial charge in [-0.15, -0.1) is 23.5 Å². The van der Waals surface area contributed by atoms with Crippen molar-refractivity contribution in [1.82, 2.24) is 0 Å². The van der Waals surface area contributed by atoms with Crippen LogP contribution in [-0.2, 0) is 5.75 Å². The van der Waals surface area contributed by atoms with Gasteiger partial charge in [-0.2, -0.15) is 0 Å². The Labute approximate surface area is 178 Å². The van der Waals surface area contributed by atoms with Crippen LogP contribution < -0.4 is 10.1 Å². The summed E-state index contributed by atoms with van der Waals surface area (Å²) in [6.45, 7) is 0. The number of benzene rings is 3. The molecule has 144 valence electrons. The molecule has 3 aromatic carbocycles. The van der Waals surface area contributed by atoms with E-state index in [2.05, 4.69) is 5.32 Å². The number of ether oxygens (including phenoxy) is 1. The number of thioether (sulfide) groups is 2. The highest BCUT2D eigenvalue weighted by Crippen LogP contribution is 2.30. The van der Waals surface area contributed by atoms with Crippen LogP contribution in [0.1, 0.15) is 15.9 Å². The van der Waals surface area contributed by atoms with Crippen LogP contribution in [0.15, 0.2) is 76.5 Å². The van der Waals surface area contributed by atoms with Gasteiger partial charge < -0.3 is 10.1 Å². The van der Waals surface area contributed by atoms with Crippen LogP contribution in [0.5, 0.6) is 5.75 Å². The van der Waals surface area contributed by atoms with Crippen molar-refractivity contribution >= 4 is 46.7 Å². The number of anilines is 1. The van der Waals surface area contributed by atoms with Gasteiger partial charge in [0.2, 0.25) is 0 Å². The van der Waals surface area contributed by atoms with E-state index in [9.17, 15) is 4.79 Å². The van der Waals surface area contributed by atoms with Gasteiger partial charge >= 0.3 is 0 Å². The largest absolute Gasteiger partial charge is 0.496 e. The van der Waals surface area contributed by atoms with Gasteiger partial charge in [-0.05, 0) is 60.9 Å². The number of methoxy groups -OCH3 is 1. The highest BCUT2D eigenvalue weighted by atomic mass is 35.5. The second-order valence-electron chi connectivity index (χ2n) is 5.92. The van der Waals surface area contributed by atoms with E-state index in [4.69, 9.17) is 16.3 Å². The first kappa shape index (κ1) is 20.6. The van der Waals surface area contributed by atoms with Crippen molar-refractivity contribution in [2.75, 3.05) is 18.7 Å². The molecule has 0 spiro atoms. The molecule has 0 saturated heterocycles. The molecule has 0 saturated carbocycles. The highest BCUT2D eigenvalue weighted by molar-refractivity contribution is 7.98. The van der Waals surface area contributed by atoms with E-state index in [0.717, 1.165) is 26.8 Å². The zero-order chi connectivity index (χ0) is 19.9. The second kappa shape index (κ2) is 9.92. The van der Waals surface area contributed by atoms with Crippen molar-refractivity contribution in [2.24, 2.45) is 0 Å². The summed E-state index contributed by atoms with van der Waals surface area (Å²) in [5.74, 6) is 1.32. The average molecular weight is 430 g/mol. The fourth-order valence-electron chi connectivity index (χ4n) is 2.67. The Hall–Kier alpha value is -2.08. The maximum Gasteiger partial charge on any atom is 0.255 e. The van der Waals surface area contributed by atoms with Crippen molar-refractivity contribution in [1.29, 1.82) is 0 Å². The number of carbonyl (C=O) groups excluding carboxylic acids is 1. The lowest BCUT2D eigenvalue weighted by atomic mass is 10.1. The molecule has 3 rings (SSSR count). The lowest BCUT2D eigenvalue weighted by Gasteiger charge is -2.12. The van der Waals surface area contributed by atoms with E-state index in [1.165, 1.54) is 0 Å². The predicted molar refractivity (Wildman–Crippen MR) is 120 cm³/mol. The molecule has 0 aromatic heterocycles. The van der Waals surface area contributed by atoms with Gasteiger partial charge in [-0.25, -0.2) is 0 Å². The fourth-order valence-corrected chi connectivity index (χ4v) is 4.22. The van der Waals surface area contributed by atoms with E-state index in [1.807, 2.05) is 66.9 Å². The number of hydrogen-bond donors (Lipinski definition) is 1. The Kier molecular flexibility index (Phi) is 7.31. The number of hydrogen-bond acceptors (Lipinski definition) is 4. The van der Waals surface area contributed by atoms with Gasteiger partial charge in [0.15, 0.2) is 0 Å². The summed E-state index contributed by atoms with van der Waals surface area (Å²) < 4.78 is 5.47. The standard InChI is InChI=1S/C22H20ClNO2S2/c1-26-20-12-7-15(22(25)24-19-5-3-4-6-21(19)27-2)13-16(20)14-28-18-10-8-17(23)9-11-18/h3-13H,14H2,1-2H3,(H,24,25). The Morgan fingerprint density at radius 3 is 2.54 bits per heavy atom. The average Bonchev–Trinajstić information content (AvgIpc) is 2.73. The zero-order valence-electron chi connectivity index (χ0n) is 15.6. The molecule has 3 aromatic rings. The SMILES string of the molecule is COc1ccc(C(=O)Nc2ccccc2SC)cc1CSc1ccc(Cl)cc1. The van der Waals surface area contributed by atoms with E-state index < -0.39 is 0 Å². The molecule has 1 N–H and O–H groups in total. The minimum absolute atomic E-state index is 0.137. The van der Waals surface area contributed by atoms with Crippen molar-refractivity contribution < 1.29 is 9.53 Å². The summed E-state index contributed by atoms with van der Waals surface area (Å²) in [7, 11) is 1.64. The summed E-state index contributed by atoms with van der Waals surface area (Å²) in [6, 6.07) is 21.0. The first-order valence-corrected chi connectivity index (χ1v) is 11.2. The normalized spacial score (nSPS) is 10.5. The Morgan fingerprint density at radius 2 is 1.82 bits per heavy atom. The van der Waals surface area contributed by atoms with E-state index in [-0.39, 0.29) is 5.91 Å². The van der Waals surface area contributed by atoms with Crippen LogP contribution in [0, 0.1) is 0 Å². The molecule has 0 fully saturated rings. The van der Waals surface area contributed by atoms with Gasteiger partial charge in [0, 0.05) is 31.7 Å². The first-order chi connectivity index (χ1) is 13.6. The second-order valence-corrected chi connectivity index (χ2v) is 8.26. The molecule has 6 heteroatoms. The number of halogens is 1. The highest BCUT2D eigenvalue weighted by Gasteiger charge is 2.12. The third-order valence-corrected chi connectivity index (χ3v) is 6.21. The van der Waals surface area contributed by atoms with Gasteiger partial charge in [-0.3, -0.25) is 4.79 Å². The minimum Gasteiger partial charge on any atom is -0.496 e. The molecular formula is C22H20ClNO2S2. The minimum atomic E-state index is -0.137. The van der Waals surface area contributed by atoms with Gasteiger partial charge in [0.1, 0.15) is 5.75 Å². The van der Waals surface area contributed by atoms with Gasteiger partial charge in [-0.1, -0.05) is 23.7 Å². The third kappa shape index (κ3) is 5.25. The number of nitrogens with one attached hydrogen (secondary N) is 1. The Balaban J connectivity index is 1.77. The Bertz CT molecular complexity index is 961. The lowest BCUT2D eigenvalue weighted by Crippen LogP contribution is -2.13. The monoisotopic (exact) mass is 429 g/mol. The molecule has 1 amide bonds. The van der Waals surface area contributed by atoms with Crippen LogP contribution in [-0.4, -0.2) is 19.3 Å². The molecular weight excluding hydrogens is 410 g/mol. The van der Waals surface area contributed by atoms with Crippen LogP contribution in [0.2, 0.25) is 5.02 Å². The first-order valence-electron chi connectivity index (χ1n) is 8.60. The van der Waals surface area contributed by atoms with Crippen LogP contribution in [0.4, 0.5) is 5.69 Å². The summed E-state index contributed by atoms with van der Waals surface area (Å²) in [4.78, 5) is 14.9. The third-order valence-electron chi connectivity index (χ3n) is 4.11. The van der Waals surface area contributed by atoms with Crippen molar-refractivity contribution in [3.8, 4) is 5.75 Å². The lowest BCUT2D eigenvalue weighted by molar-refractivity contribution is 0.102. The maximum atomic E-state index is 12.8. The maximum absolute atomic E-state index is 12.8. The molecule has 0 aliphatic heterocycles. The Morgan fingerprint density at radius 1 is 1.07 bits per heavy atom. The fraction of sp³-hybridized carbons (Fsp3) is 0.136. The number of para-hydroxylation sites is 1. The predicted octanol–water partition coefficient (Wildman–Crippen LogP) is 6.62. The summed E-state index contributed by atoms with van der Waals surface area (Å²) in [5, 5.41) is 3.71. The molecule has 0 atom stereocenters. The smallest absolute Gasteiger partial charge is 0.255 e. The van der Waals surface area contributed by atoms with Crippen LogP contribution in [0.25, 0.3) is 0 Å². The van der Waals surface area contributed by atoms with Crippen molar-refractivity contribution in [3.05, 3.63) is 82.9 Å². The molecule has 3 nitrogen and oxygen atoms in total. The topological polar surface area (TPSA) is 38.3 Å². The number of carbonyl (C=O) groups is 1.